The highest BCUT2D eigenvalue weighted by Gasteiger charge is 2.25. The van der Waals surface area contributed by atoms with Gasteiger partial charge in [-0.2, -0.15) is 0 Å². The van der Waals surface area contributed by atoms with Crippen LogP contribution < -0.4 is 9.26 Å². The summed E-state index contributed by atoms with van der Waals surface area (Å²) in [6.07, 6.45) is 0. The van der Waals surface area contributed by atoms with Crippen molar-refractivity contribution in [2.45, 2.75) is 19.3 Å². The first kappa shape index (κ1) is 17.3. The molecule has 0 amide bonds. The molecule has 23 heavy (non-hydrogen) atoms. The number of carboxylic acids is 1. The number of rotatable bonds is 6. The van der Waals surface area contributed by atoms with Crippen LogP contribution in [-0.4, -0.2) is 24.9 Å². The largest absolute Gasteiger partial charge is 0.497 e. The van der Waals surface area contributed by atoms with Crippen LogP contribution in [0, 0.1) is 0 Å². The molecule has 0 fully saturated rings. The van der Waals surface area contributed by atoms with Gasteiger partial charge in [-0.15, -0.1) is 0 Å². The predicted octanol–water partition coefficient (Wildman–Crippen LogP) is 4.32. The number of aromatic carboxylic acids is 1. The summed E-state index contributed by atoms with van der Waals surface area (Å²) >= 11 is 0. The molecule has 2 aromatic rings. The normalized spacial score (nSPS) is 11.7. The zero-order valence-electron chi connectivity index (χ0n) is 13.7. The van der Waals surface area contributed by atoms with Crippen molar-refractivity contribution in [3.05, 3.63) is 59.2 Å². The lowest BCUT2D eigenvalue weighted by Gasteiger charge is -2.27. The van der Waals surface area contributed by atoms with Gasteiger partial charge >= 0.3 is 5.97 Å². The second-order valence-corrected chi connectivity index (χ2v) is 6.29. The molecule has 0 heterocycles. The van der Waals surface area contributed by atoms with Crippen molar-refractivity contribution in [2.75, 3.05) is 13.8 Å². The summed E-state index contributed by atoms with van der Waals surface area (Å²) in [5, 5.41) is 9.43. The van der Waals surface area contributed by atoms with Crippen molar-refractivity contribution in [3.8, 4) is 11.5 Å². The van der Waals surface area contributed by atoms with Crippen LogP contribution >= 0.6 is 8.81 Å². The summed E-state index contributed by atoms with van der Waals surface area (Å²) in [4.78, 5) is 11.5. The number of carbonyl (C=O) groups is 1. The third kappa shape index (κ3) is 3.65. The predicted molar refractivity (Wildman–Crippen MR) is 93.4 cm³/mol. The van der Waals surface area contributed by atoms with Crippen molar-refractivity contribution in [1.29, 1.82) is 0 Å². The summed E-state index contributed by atoms with van der Waals surface area (Å²) in [6.45, 7) is 6.00. The molecule has 0 aliphatic carbocycles. The Hall–Kier alpha value is -2.06. The Labute approximate surface area is 138 Å². The lowest BCUT2D eigenvalue weighted by Crippen LogP contribution is -2.19. The van der Waals surface area contributed by atoms with E-state index in [1.54, 1.807) is 19.2 Å². The highest BCUT2D eigenvalue weighted by Crippen LogP contribution is 2.35. The minimum Gasteiger partial charge on any atom is -0.497 e. The molecule has 0 aromatic heterocycles. The highest BCUT2D eigenvalue weighted by atomic mass is 31.1. The molecule has 1 unspecified atom stereocenters. The molecular weight excluding hydrogens is 311 g/mol. The maximum atomic E-state index is 11.5. The zero-order chi connectivity index (χ0) is 17.0. The number of methoxy groups -OCH3 is 1. The van der Waals surface area contributed by atoms with Gasteiger partial charge in [-0.3, -0.25) is 0 Å². The molecule has 2 rings (SSSR count). The first-order chi connectivity index (χ1) is 10.9. The summed E-state index contributed by atoms with van der Waals surface area (Å²) in [5.41, 5.74) is 1.87. The van der Waals surface area contributed by atoms with Gasteiger partial charge in [-0.1, -0.05) is 32.0 Å². The van der Waals surface area contributed by atoms with Gasteiger partial charge < -0.3 is 14.4 Å². The molecule has 0 saturated carbocycles. The Balaban J connectivity index is 2.45. The average Bonchev–Trinajstić information content (AvgIpc) is 2.55. The lowest BCUT2D eigenvalue weighted by atomic mass is 9.77. The maximum absolute atomic E-state index is 11.5. The molecule has 0 bridgehead atoms. The van der Waals surface area contributed by atoms with Crippen molar-refractivity contribution in [3.63, 3.8) is 0 Å². The third-order valence-electron chi connectivity index (χ3n) is 3.96. The Bertz CT molecular complexity index is 693. The van der Waals surface area contributed by atoms with Gasteiger partial charge in [0.2, 0.25) is 0 Å². The molecule has 1 N–H and O–H groups in total. The van der Waals surface area contributed by atoms with Crippen LogP contribution in [0.1, 0.15) is 35.3 Å². The van der Waals surface area contributed by atoms with Crippen molar-refractivity contribution < 1.29 is 19.2 Å². The molecule has 1 atom stereocenters. The van der Waals surface area contributed by atoms with E-state index in [-0.39, 0.29) is 19.8 Å². The zero-order valence-corrected chi connectivity index (χ0v) is 14.7. The molecule has 0 spiro atoms. The van der Waals surface area contributed by atoms with E-state index in [9.17, 15) is 9.90 Å². The molecule has 0 aliphatic heterocycles. The van der Waals surface area contributed by atoms with E-state index in [2.05, 4.69) is 13.8 Å². The van der Waals surface area contributed by atoms with Crippen molar-refractivity contribution in [2.24, 2.45) is 0 Å². The average molecular weight is 332 g/mol. The molecule has 2 aromatic carbocycles. The van der Waals surface area contributed by atoms with Crippen molar-refractivity contribution in [1.82, 2.24) is 0 Å². The molecule has 0 radical (unpaired) electrons. The van der Waals surface area contributed by atoms with Crippen LogP contribution in [0.15, 0.2) is 42.5 Å². The Morgan fingerprint density at radius 3 is 2.22 bits per heavy atom. The van der Waals surface area contributed by atoms with Crippen LogP contribution in [0.25, 0.3) is 0 Å². The van der Waals surface area contributed by atoms with Gasteiger partial charge in [0, 0.05) is 5.41 Å². The minimum absolute atomic E-state index is 0.193. The number of ether oxygens (including phenoxy) is 1. The summed E-state index contributed by atoms with van der Waals surface area (Å²) < 4.78 is 10.6. The van der Waals surface area contributed by atoms with Gasteiger partial charge in [0.15, 0.2) is 0 Å². The highest BCUT2D eigenvalue weighted by molar-refractivity contribution is 7.31. The second kappa shape index (κ2) is 7.01. The van der Waals surface area contributed by atoms with Gasteiger partial charge in [0.05, 0.1) is 15.9 Å². The molecule has 122 valence electrons. The van der Waals surface area contributed by atoms with Crippen LogP contribution in [-0.2, 0) is 5.41 Å². The van der Waals surface area contributed by atoms with E-state index in [1.807, 2.05) is 37.0 Å². The fourth-order valence-corrected chi connectivity index (χ4v) is 2.86. The SMILES string of the molecule is COc1ccc(C(C)(C)c2ccc(OPC)c(C(=O)O)c2)cc1. The number of hydrogen-bond acceptors (Lipinski definition) is 3. The number of hydrogen-bond donors (Lipinski definition) is 1. The Morgan fingerprint density at radius 2 is 1.70 bits per heavy atom. The van der Waals surface area contributed by atoms with Gasteiger partial charge in [-0.05, 0) is 42.1 Å². The van der Waals surface area contributed by atoms with E-state index in [0.717, 1.165) is 16.9 Å². The van der Waals surface area contributed by atoms with E-state index in [1.165, 1.54) is 0 Å². The summed E-state index contributed by atoms with van der Waals surface area (Å²) in [6, 6.07) is 13.2. The van der Waals surface area contributed by atoms with Crippen LogP contribution in [0.3, 0.4) is 0 Å². The molecule has 0 aliphatic rings. The topological polar surface area (TPSA) is 55.8 Å². The number of benzene rings is 2. The standard InChI is InChI=1S/C18H21O4P/c1-18(2,12-5-8-14(21-3)9-6-12)13-7-10-16(22-23-4)15(11-13)17(19)20/h5-11,23H,1-4H3,(H,19,20). The van der Waals surface area contributed by atoms with Crippen LogP contribution in [0.5, 0.6) is 11.5 Å². The fraction of sp³-hybridized carbons (Fsp3) is 0.278. The van der Waals surface area contributed by atoms with E-state index in [0.29, 0.717) is 5.75 Å². The van der Waals surface area contributed by atoms with Crippen molar-refractivity contribution >= 4 is 14.8 Å². The number of carboxylic acid groups (broad SMARTS) is 1. The summed E-state index contributed by atoms with van der Waals surface area (Å²) in [5.74, 6) is 0.224. The Morgan fingerprint density at radius 1 is 1.09 bits per heavy atom. The first-order valence-electron chi connectivity index (χ1n) is 7.26. The molecule has 4 nitrogen and oxygen atoms in total. The van der Waals surface area contributed by atoms with Crippen LogP contribution in [0.2, 0.25) is 0 Å². The van der Waals surface area contributed by atoms with E-state index < -0.39 is 5.97 Å². The molecule has 0 saturated heterocycles. The summed E-state index contributed by atoms with van der Waals surface area (Å²) in [7, 11) is 1.83. The van der Waals surface area contributed by atoms with Gasteiger partial charge in [0.25, 0.3) is 0 Å². The van der Waals surface area contributed by atoms with Gasteiger partial charge in [0.1, 0.15) is 17.1 Å². The third-order valence-corrected chi connectivity index (χ3v) is 4.38. The van der Waals surface area contributed by atoms with Crippen LogP contribution in [0.4, 0.5) is 0 Å². The van der Waals surface area contributed by atoms with E-state index >= 15 is 0 Å². The first-order valence-corrected chi connectivity index (χ1v) is 8.67. The maximum Gasteiger partial charge on any atom is 0.339 e. The fourth-order valence-electron chi connectivity index (χ4n) is 2.46. The molecular formula is C18H21O4P. The van der Waals surface area contributed by atoms with Gasteiger partial charge in [-0.25, -0.2) is 4.79 Å². The second-order valence-electron chi connectivity index (χ2n) is 5.68. The minimum atomic E-state index is -0.981. The monoisotopic (exact) mass is 332 g/mol. The van der Waals surface area contributed by atoms with E-state index in [4.69, 9.17) is 9.26 Å². The Kier molecular flexibility index (Phi) is 5.27. The smallest absolute Gasteiger partial charge is 0.339 e. The quantitative estimate of drug-likeness (QED) is 0.800. The molecule has 5 heteroatoms. The lowest BCUT2D eigenvalue weighted by molar-refractivity contribution is 0.0695.